The molecule has 3 heterocycles. The fourth-order valence-corrected chi connectivity index (χ4v) is 5.11. The van der Waals surface area contributed by atoms with Gasteiger partial charge in [0.1, 0.15) is 5.82 Å². The van der Waals surface area contributed by atoms with Crippen LogP contribution in [-0.4, -0.2) is 40.0 Å². The number of amides is 1. The first-order valence-electron chi connectivity index (χ1n) is 11.1. The summed E-state index contributed by atoms with van der Waals surface area (Å²) in [7, 11) is 0. The van der Waals surface area contributed by atoms with Gasteiger partial charge in [-0.15, -0.1) is 0 Å². The number of carboxylic acids is 1. The number of nitrogens with one attached hydrogen (secondary N) is 1. The second-order valence-corrected chi connectivity index (χ2v) is 9.46. The van der Waals surface area contributed by atoms with Crippen LogP contribution in [0.2, 0.25) is 10.0 Å². The summed E-state index contributed by atoms with van der Waals surface area (Å²) < 4.78 is 0. The van der Waals surface area contributed by atoms with E-state index in [9.17, 15) is 14.7 Å². The van der Waals surface area contributed by atoms with Crippen LogP contribution in [-0.2, 0) is 22.4 Å². The lowest BCUT2D eigenvalue weighted by atomic mass is 9.88. The fourth-order valence-electron chi connectivity index (χ4n) is 4.57. The third-order valence-corrected chi connectivity index (χ3v) is 6.69. The van der Waals surface area contributed by atoms with Crippen LogP contribution in [0.1, 0.15) is 55.0 Å². The van der Waals surface area contributed by atoms with Crippen LogP contribution in [0.25, 0.3) is 0 Å². The number of nitrogens with zero attached hydrogens (tertiary/aromatic N) is 2. The molecule has 0 radical (unpaired) electrons. The van der Waals surface area contributed by atoms with Gasteiger partial charge >= 0.3 is 5.97 Å². The molecular weight excluding hydrogens is 481 g/mol. The van der Waals surface area contributed by atoms with E-state index in [0.717, 1.165) is 56.6 Å². The largest absolute Gasteiger partial charge is 0.481 e. The van der Waals surface area contributed by atoms with E-state index in [1.807, 2.05) is 0 Å². The SMILES string of the molecule is O=C(O)C[C@@H](c1cc(Cl)cc(Cl)c1)N1CC(CCCCc2ccc3c(n2)NCCC3)C1=O.S. The quantitative estimate of drug-likeness (QED) is 0.356. The monoisotopic (exact) mass is 509 g/mol. The van der Waals surface area contributed by atoms with Crippen LogP contribution in [0.5, 0.6) is 0 Å². The number of fused-ring (bicyclic) bond motifs is 1. The van der Waals surface area contributed by atoms with Crippen LogP contribution >= 0.6 is 36.7 Å². The summed E-state index contributed by atoms with van der Waals surface area (Å²) in [5.41, 5.74) is 3.03. The molecule has 1 aromatic heterocycles. The lowest BCUT2D eigenvalue weighted by molar-refractivity contribution is -0.154. The minimum atomic E-state index is -0.964. The molecule has 6 nitrogen and oxygen atoms in total. The molecule has 1 amide bonds. The van der Waals surface area contributed by atoms with Gasteiger partial charge in [0, 0.05) is 28.8 Å². The molecule has 0 bridgehead atoms. The lowest BCUT2D eigenvalue weighted by Gasteiger charge is -2.43. The van der Waals surface area contributed by atoms with Crippen molar-refractivity contribution < 1.29 is 14.7 Å². The van der Waals surface area contributed by atoms with Gasteiger partial charge < -0.3 is 15.3 Å². The van der Waals surface area contributed by atoms with E-state index in [4.69, 9.17) is 28.2 Å². The summed E-state index contributed by atoms with van der Waals surface area (Å²) in [6.45, 7) is 1.54. The molecule has 9 heteroatoms. The maximum absolute atomic E-state index is 12.8. The zero-order valence-electron chi connectivity index (χ0n) is 18.3. The van der Waals surface area contributed by atoms with Gasteiger partial charge in [0.2, 0.25) is 5.91 Å². The number of rotatable bonds is 9. The molecule has 1 aromatic carbocycles. The number of carbonyl (C=O) groups excluding carboxylic acids is 1. The van der Waals surface area contributed by atoms with Crippen molar-refractivity contribution in [3.8, 4) is 0 Å². The van der Waals surface area contributed by atoms with E-state index in [-0.39, 0.29) is 31.7 Å². The first-order valence-corrected chi connectivity index (χ1v) is 11.9. The third-order valence-electron chi connectivity index (χ3n) is 6.25. The number of likely N-dealkylation sites (tertiary alicyclic amines) is 1. The van der Waals surface area contributed by atoms with E-state index in [0.29, 0.717) is 22.2 Å². The predicted octanol–water partition coefficient (Wildman–Crippen LogP) is 5.25. The predicted molar refractivity (Wildman–Crippen MR) is 136 cm³/mol. The number of benzene rings is 1. The Morgan fingerprint density at radius 3 is 2.67 bits per heavy atom. The summed E-state index contributed by atoms with van der Waals surface area (Å²) in [4.78, 5) is 30.6. The Morgan fingerprint density at radius 1 is 1.21 bits per heavy atom. The minimum absolute atomic E-state index is 0. The summed E-state index contributed by atoms with van der Waals surface area (Å²) in [6, 6.07) is 8.68. The molecule has 1 saturated heterocycles. The van der Waals surface area contributed by atoms with Gasteiger partial charge in [-0.25, -0.2) is 4.98 Å². The Kier molecular flexibility index (Phi) is 8.90. The smallest absolute Gasteiger partial charge is 0.305 e. The van der Waals surface area contributed by atoms with Crippen LogP contribution in [0, 0.1) is 5.92 Å². The number of pyridine rings is 1. The van der Waals surface area contributed by atoms with Crippen molar-refractivity contribution in [1.82, 2.24) is 9.88 Å². The number of halogens is 2. The topological polar surface area (TPSA) is 82.5 Å². The molecule has 2 N–H and O–H groups in total. The van der Waals surface area contributed by atoms with Crippen molar-refractivity contribution in [1.29, 1.82) is 0 Å². The minimum Gasteiger partial charge on any atom is -0.481 e. The summed E-state index contributed by atoms with van der Waals surface area (Å²) in [5, 5.41) is 13.6. The first-order chi connectivity index (χ1) is 15.4. The van der Waals surface area contributed by atoms with Gasteiger partial charge in [0.15, 0.2) is 0 Å². The molecule has 1 fully saturated rings. The average Bonchev–Trinajstić information content (AvgIpc) is 2.75. The Bertz CT molecular complexity index is 1000. The number of aromatic nitrogens is 1. The molecular formula is C24H29Cl2N3O3S. The molecule has 2 aliphatic heterocycles. The number of β-lactam (4-membered cyclic amide) rings is 1. The molecule has 2 atom stereocenters. The van der Waals surface area contributed by atoms with Crippen molar-refractivity contribution >= 4 is 54.4 Å². The second kappa shape index (κ2) is 11.4. The van der Waals surface area contributed by atoms with Crippen molar-refractivity contribution in [3.63, 3.8) is 0 Å². The zero-order chi connectivity index (χ0) is 22.7. The van der Waals surface area contributed by atoms with Crippen molar-refractivity contribution in [2.75, 3.05) is 18.4 Å². The van der Waals surface area contributed by atoms with E-state index in [2.05, 4.69) is 17.4 Å². The number of carbonyl (C=O) groups is 2. The van der Waals surface area contributed by atoms with E-state index < -0.39 is 12.0 Å². The molecule has 33 heavy (non-hydrogen) atoms. The highest BCUT2D eigenvalue weighted by Crippen LogP contribution is 2.36. The van der Waals surface area contributed by atoms with Crippen molar-refractivity contribution in [2.45, 2.75) is 51.0 Å². The lowest BCUT2D eigenvalue weighted by Crippen LogP contribution is -2.54. The molecule has 2 aliphatic rings. The Balaban J connectivity index is 0.00000306. The molecule has 0 spiro atoms. The van der Waals surface area contributed by atoms with Gasteiger partial charge in [-0.05, 0) is 67.5 Å². The highest BCUT2D eigenvalue weighted by molar-refractivity contribution is 7.59. The number of hydrogen-bond acceptors (Lipinski definition) is 4. The maximum Gasteiger partial charge on any atom is 0.305 e. The standard InChI is InChI=1S/C24H27Cl2N3O3.H2S/c25-18-10-17(11-19(26)12-18)21(13-22(30)31)29-14-16(24(29)32)4-1-2-6-20-8-7-15-5-3-9-27-23(15)28-20;/h7-8,10-12,16,21H,1-6,9,13-14H2,(H,27,28)(H,30,31);1H2/t16?,21-;/m0./s1. The Hall–Kier alpha value is -1.96. The van der Waals surface area contributed by atoms with Gasteiger partial charge in [-0.1, -0.05) is 35.7 Å². The van der Waals surface area contributed by atoms with Crippen molar-refractivity contribution in [3.05, 3.63) is 57.2 Å². The Morgan fingerprint density at radius 2 is 1.97 bits per heavy atom. The van der Waals surface area contributed by atoms with Crippen LogP contribution in [0.15, 0.2) is 30.3 Å². The third kappa shape index (κ3) is 6.34. The van der Waals surface area contributed by atoms with Crippen LogP contribution in [0.4, 0.5) is 5.82 Å². The Labute approximate surface area is 211 Å². The number of anilines is 1. The van der Waals surface area contributed by atoms with Crippen LogP contribution in [0.3, 0.4) is 0 Å². The van der Waals surface area contributed by atoms with E-state index in [1.54, 1.807) is 23.1 Å². The van der Waals surface area contributed by atoms with Gasteiger partial charge in [0.25, 0.3) is 0 Å². The van der Waals surface area contributed by atoms with Crippen molar-refractivity contribution in [2.24, 2.45) is 5.92 Å². The highest BCUT2D eigenvalue weighted by Gasteiger charge is 2.41. The van der Waals surface area contributed by atoms with Crippen LogP contribution < -0.4 is 5.32 Å². The zero-order valence-corrected chi connectivity index (χ0v) is 20.8. The molecule has 1 unspecified atom stereocenters. The number of aryl methyl sites for hydroxylation is 2. The maximum atomic E-state index is 12.8. The molecule has 2 aromatic rings. The summed E-state index contributed by atoms with van der Waals surface area (Å²) in [6.07, 6.45) is 5.66. The summed E-state index contributed by atoms with van der Waals surface area (Å²) in [5.74, 6) is 0.00102. The van der Waals surface area contributed by atoms with E-state index >= 15 is 0 Å². The second-order valence-electron chi connectivity index (χ2n) is 8.59. The molecule has 0 aliphatic carbocycles. The molecule has 4 rings (SSSR count). The first kappa shape index (κ1) is 25.7. The summed E-state index contributed by atoms with van der Waals surface area (Å²) >= 11 is 12.2. The number of aliphatic carboxylic acids is 1. The number of carboxylic acid groups (broad SMARTS) is 1. The van der Waals surface area contributed by atoms with Gasteiger partial charge in [-0.3, -0.25) is 9.59 Å². The van der Waals surface area contributed by atoms with E-state index in [1.165, 1.54) is 5.56 Å². The normalized spacial score (nSPS) is 17.9. The molecule has 0 saturated carbocycles. The fraction of sp³-hybridized carbons (Fsp3) is 0.458. The number of hydrogen-bond donors (Lipinski definition) is 2. The molecule has 178 valence electrons. The van der Waals surface area contributed by atoms with Gasteiger partial charge in [0.05, 0.1) is 18.4 Å². The van der Waals surface area contributed by atoms with Gasteiger partial charge in [-0.2, -0.15) is 13.5 Å². The highest BCUT2D eigenvalue weighted by atomic mass is 35.5. The number of unbranched alkanes of at least 4 members (excludes halogenated alkanes) is 1. The average molecular weight is 510 g/mol.